The number of amides is 5. The Labute approximate surface area is 407 Å². The first-order valence-corrected chi connectivity index (χ1v) is 23.7. The van der Waals surface area contributed by atoms with Crippen LogP contribution in [0.3, 0.4) is 0 Å². The normalized spacial score (nSPS) is 17.2. The second-order valence-corrected chi connectivity index (χ2v) is 17.6. The van der Waals surface area contributed by atoms with Crippen LogP contribution in [0.4, 0.5) is 0 Å². The number of hydrogen-bond acceptors (Lipinski definition) is 12. The lowest BCUT2D eigenvalue weighted by molar-refractivity contribution is -0.136. The summed E-state index contributed by atoms with van der Waals surface area (Å²) in [5.74, 6) is 5.20. The second kappa shape index (κ2) is 21.6. The van der Waals surface area contributed by atoms with Crippen molar-refractivity contribution in [3.05, 3.63) is 148 Å². The van der Waals surface area contributed by atoms with Crippen LogP contribution < -0.4 is 10.1 Å². The summed E-state index contributed by atoms with van der Waals surface area (Å²) in [4.78, 5) is 90.1. The molecule has 0 bridgehead atoms. The topological polar surface area (TPSA) is 171 Å². The fourth-order valence-electron chi connectivity index (χ4n) is 9.07. The molecular formula is C55H53N9O6. The summed E-state index contributed by atoms with van der Waals surface area (Å²) in [5, 5.41) is 2.22. The number of carbonyl (C=O) groups excluding carboxylic acids is 5. The molecule has 70 heavy (non-hydrogen) atoms. The molecule has 3 aromatic heterocycles. The van der Waals surface area contributed by atoms with E-state index in [1.165, 1.54) is 0 Å². The molecule has 15 nitrogen and oxygen atoms in total. The predicted molar refractivity (Wildman–Crippen MR) is 266 cm³/mol. The smallest absolute Gasteiger partial charge is 0.266 e. The summed E-state index contributed by atoms with van der Waals surface area (Å²) in [5.41, 5.74) is 7.91. The number of carbonyl (C=O) groups is 5. The maximum atomic E-state index is 13.6. The number of nitrogens with zero attached hydrogens (tertiary/aromatic N) is 8. The van der Waals surface area contributed by atoms with Gasteiger partial charge in [0.25, 0.3) is 17.7 Å². The number of unbranched alkanes of at least 4 members (excludes halogenated alkanes) is 2. The molecule has 4 aliphatic rings. The van der Waals surface area contributed by atoms with Crippen LogP contribution in [0.15, 0.2) is 92.4 Å². The van der Waals surface area contributed by atoms with Crippen LogP contribution in [0.5, 0.6) is 5.75 Å². The molecule has 2 fully saturated rings. The van der Waals surface area contributed by atoms with Crippen LogP contribution in [0.1, 0.15) is 103 Å². The number of pyridine rings is 2. The number of rotatable bonds is 15. The number of fused-ring (bicyclic) bond motifs is 2. The maximum absolute atomic E-state index is 13.6. The van der Waals surface area contributed by atoms with Gasteiger partial charge in [-0.3, -0.25) is 44.1 Å². The van der Waals surface area contributed by atoms with Crippen molar-refractivity contribution >= 4 is 53.8 Å². The van der Waals surface area contributed by atoms with Gasteiger partial charge in [0.2, 0.25) is 11.8 Å². The zero-order chi connectivity index (χ0) is 48.6. The number of aromatic nitrogens is 4. The molecule has 354 valence electrons. The number of benzene rings is 2. The lowest BCUT2D eigenvalue weighted by Gasteiger charge is -2.33. The van der Waals surface area contributed by atoms with Gasteiger partial charge in [-0.1, -0.05) is 61.6 Å². The average molecular weight is 936 g/mol. The van der Waals surface area contributed by atoms with Crippen molar-refractivity contribution in [3.63, 3.8) is 0 Å². The van der Waals surface area contributed by atoms with Gasteiger partial charge in [-0.25, -0.2) is 15.0 Å². The van der Waals surface area contributed by atoms with Crippen molar-refractivity contribution in [3.8, 4) is 29.0 Å². The van der Waals surface area contributed by atoms with Crippen LogP contribution >= 0.6 is 0 Å². The van der Waals surface area contributed by atoms with Crippen molar-refractivity contribution in [1.29, 1.82) is 0 Å². The van der Waals surface area contributed by atoms with Gasteiger partial charge in [-0.05, 0) is 104 Å². The molecule has 0 radical (unpaired) electrons. The van der Waals surface area contributed by atoms with Crippen LogP contribution in [0.25, 0.3) is 35.7 Å². The van der Waals surface area contributed by atoms with E-state index < -0.39 is 29.7 Å². The third kappa shape index (κ3) is 10.7. The van der Waals surface area contributed by atoms with Gasteiger partial charge < -0.3 is 14.5 Å². The fourth-order valence-corrected chi connectivity index (χ4v) is 9.07. The number of hydrogen-bond donors (Lipinski definition) is 1. The van der Waals surface area contributed by atoms with E-state index in [1.54, 1.807) is 36.5 Å². The zero-order valence-electron chi connectivity index (χ0n) is 38.9. The van der Waals surface area contributed by atoms with E-state index in [4.69, 9.17) is 9.72 Å². The van der Waals surface area contributed by atoms with E-state index in [-0.39, 0.29) is 29.9 Å². The third-order valence-electron chi connectivity index (χ3n) is 13.1. The summed E-state index contributed by atoms with van der Waals surface area (Å²) < 4.78 is 5.99. The molecule has 2 saturated heterocycles. The van der Waals surface area contributed by atoms with E-state index >= 15 is 0 Å². The van der Waals surface area contributed by atoms with Crippen molar-refractivity contribution in [1.82, 2.24) is 44.9 Å². The Morgan fingerprint density at radius 1 is 0.814 bits per heavy atom. The molecule has 5 amide bonds. The highest BCUT2D eigenvalue weighted by Crippen LogP contribution is 2.34. The Hall–Kier alpha value is -7.93. The second-order valence-electron chi connectivity index (χ2n) is 17.6. The predicted octanol–water partition coefficient (Wildman–Crippen LogP) is 6.21. The first kappa shape index (κ1) is 47.1. The Kier molecular flexibility index (Phi) is 14.5. The summed E-state index contributed by atoms with van der Waals surface area (Å²) >= 11 is 0. The first-order valence-electron chi connectivity index (χ1n) is 23.7. The highest BCUT2D eigenvalue weighted by atomic mass is 16.5. The van der Waals surface area contributed by atoms with Crippen molar-refractivity contribution in [2.45, 2.75) is 51.1 Å². The summed E-state index contributed by atoms with van der Waals surface area (Å²) in [6.07, 6.45) is 16.4. The standard InChI is InChI=1S/C55H53N9O6/c1-3-39-32-42(35-57-45(39)4-2)51-58-34-41-23-26-63(36-46(41)59-51)53(67)40-18-15-37(16-19-40)13-14-38-17-20-43(56-33-38)10-9-25-62-29-27-61(28-30-62)24-6-5-7-31-70-48-12-8-11-44-50(48)55(69)64(54(44)68)47-21-22-49(65)60-52(47)66/h3-4,8,11-20,32-35,47H,1-2,5-7,21-31,36H2,(H,60,65,66)/b14-13+. The van der Waals surface area contributed by atoms with Crippen molar-refractivity contribution in [2.75, 3.05) is 52.4 Å². The molecule has 1 unspecified atom stereocenters. The van der Waals surface area contributed by atoms with E-state index in [0.717, 1.165) is 102 Å². The monoisotopic (exact) mass is 935 g/mol. The van der Waals surface area contributed by atoms with E-state index in [0.29, 0.717) is 49.8 Å². The van der Waals surface area contributed by atoms with Gasteiger partial charge in [0.05, 0.1) is 42.2 Å². The van der Waals surface area contributed by atoms with Crippen LogP contribution in [-0.2, 0) is 22.6 Å². The van der Waals surface area contributed by atoms with Gasteiger partial charge in [0.15, 0.2) is 5.82 Å². The van der Waals surface area contributed by atoms with Gasteiger partial charge in [0, 0.05) is 74.4 Å². The molecule has 1 atom stereocenters. The Balaban J connectivity index is 0.668. The number of ether oxygens (including phenoxy) is 1. The van der Waals surface area contributed by atoms with Crippen LogP contribution in [0, 0.1) is 11.8 Å². The van der Waals surface area contributed by atoms with Gasteiger partial charge in [-0.15, -0.1) is 0 Å². The van der Waals surface area contributed by atoms with Gasteiger partial charge >= 0.3 is 0 Å². The molecular weight excluding hydrogens is 883 g/mol. The summed E-state index contributed by atoms with van der Waals surface area (Å²) in [7, 11) is 0. The largest absolute Gasteiger partial charge is 0.493 e. The number of imide groups is 2. The van der Waals surface area contributed by atoms with E-state index in [2.05, 4.69) is 55.1 Å². The maximum Gasteiger partial charge on any atom is 0.266 e. The average Bonchev–Trinajstić information content (AvgIpc) is 3.65. The minimum absolute atomic E-state index is 0.0390. The minimum atomic E-state index is -1.01. The highest BCUT2D eigenvalue weighted by molar-refractivity contribution is 6.24. The lowest BCUT2D eigenvalue weighted by Crippen LogP contribution is -2.54. The molecule has 2 aromatic carbocycles. The first-order chi connectivity index (χ1) is 34.1. The van der Waals surface area contributed by atoms with Gasteiger partial charge in [-0.2, -0.15) is 0 Å². The summed E-state index contributed by atoms with van der Waals surface area (Å²) in [6, 6.07) is 17.4. The highest BCUT2D eigenvalue weighted by Gasteiger charge is 2.46. The molecule has 0 aliphatic carbocycles. The van der Waals surface area contributed by atoms with Gasteiger partial charge in [0.1, 0.15) is 17.5 Å². The fraction of sp³-hybridized carbons (Fsp3) is 0.291. The van der Waals surface area contributed by atoms with Crippen LogP contribution in [0.2, 0.25) is 0 Å². The lowest BCUT2D eigenvalue weighted by atomic mass is 10.0. The molecule has 0 spiro atoms. The summed E-state index contributed by atoms with van der Waals surface area (Å²) in [6.45, 7) is 14.6. The molecule has 5 aromatic rings. The van der Waals surface area contributed by atoms with Crippen molar-refractivity contribution in [2.24, 2.45) is 0 Å². The van der Waals surface area contributed by atoms with Crippen molar-refractivity contribution < 1.29 is 28.7 Å². The molecule has 7 heterocycles. The molecule has 1 N–H and O–H groups in total. The molecule has 9 rings (SSSR count). The quantitative estimate of drug-likeness (QED) is 0.0717. The number of piperidine rings is 1. The number of piperazine rings is 1. The minimum Gasteiger partial charge on any atom is -0.493 e. The molecule has 4 aliphatic heterocycles. The molecule has 15 heteroatoms. The molecule has 0 saturated carbocycles. The zero-order valence-corrected chi connectivity index (χ0v) is 38.9. The Bertz CT molecular complexity index is 2950. The Morgan fingerprint density at radius 3 is 2.39 bits per heavy atom. The van der Waals surface area contributed by atoms with E-state index in [1.807, 2.05) is 71.9 Å². The van der Waals surface area contributed by atoms with E-state index in [9.17, 15) is 24.0 Å². The number of nitrogens with one attached hydrogen (secondary N) is 1. The van der Waals surface area contributed by atoms with Crippen LogP contribution in [-0.4, -0.2) is 128 Å². The Morgan fingerprint density at radius 2 is 1.61 bits per heavy atom. The SMILES string of the molecule is C=Cc1cc(-c2ncc3c(n2)CN(C(=O)c2ccc(/C=C/c4ccc(C#CCN5CCN(CCCCCOc6cccc7c6C(=O)N(C6CCC(=O)NC6=O)C7=O)CC5)nc4)cc2)CC3)cnc1C=C. The third-order valence-corrected chi connectivity index (χ3v) is 13.1.